The Hall–Kier alpha value is -0.960. The van der Waals surface area contributed by atoms with Crippen LogP contribution in [0.15, 0.2) is 40.4 Å². The normalized spacial score (nSPS) is 24.2. The summed E-state index contributed by atoms with van der Waals surface area (Å²) >= 11 is 1.83. The third-order valence-corrected chi connectivity index (χ3v) is 4.51. The van der Waals surface area contributed by atoms with E-state index in [1.807, 2.05) is 17.8 Å². The number of rotatable bonds is 2. The molecule has 0 bridgehead atoms. The van der Waals surface area contributed by atoms with Crippen molar-refractivity contribution in [3.63, 3.8) is 0 Å². The summed E-state index contributed by atoms with van der Waals surface area (Å²) < 4.78 is 0. The lowest BCUT2D eigenvalue weighted by molar-refractivity contribution is 0.315. The first kappa shape index (κ1) is 12.5. The molecule has 0 saturated heterocycles. The molecule has 2 nitrogen and oxygen atoms in total. The Labute approximate surface area is 107 Å². The lowest BCUT2D eigenvalue weighted by Gasteiger charge is -2.20. The van der Waals surface area contributed by atoms with Crippen molar-refractivity contribution in [2.75, 3.05) is 0 Å². The van der Waals surface area contributed by atoms with Gasteiger partial charge in [-0.05, 0) is 31.4 Å². The largest absolute Gasteiger partial charge is 0.411 e. The van der Waals surface area contributed by atoms with E-state index in [4.69, 9.17) is 5.21 Å². The highest BCUT2D eigenvalue weighted by Gasteiger charge is 2.19. The molecule has 0 radical (unpaired) electrons. The van der Waals surface area contributed by atoms with Crippen LogP contribution in [0.2, 0.25) is 0 Å². The minimum atomic E-state index is 0.350. The Morgan fingerprint density at radius 1 is 1.06 bits per heavy atom. The van der Waals surface area contributed by atoms with Crippen molar-refractivity contribution >= 4 is 17.5 Å². The maximum Gasteiger partial charge on any atom is 0.0704 e. The maximum absolute atomic E-state index is 9.13. The van der Waals surface area contributed by atoms with Gasteiger partial charge in [-0.2, -0.15) is 0 Å². The first-order valence-corrected chi connectivity index (χ1v) is 7.20. The smallest absolute Gasteiger partial charge is 0.0704 e. The average molecular weight is 249 g/mol. The first-order valence-electron chi connectivity index (χ1n) is 6.32. The van der Waals surface area contributed by atoms with Gasteiger partial charge >= 0.3 is 0 Å². The zero-order valence-electron chi connectivity index (χ0n) is 10.0. The van der Waals surface area contributed by atoms with Gasteiger partial charge in [-0.15, -0.1) is 11.8 Å². The van der Waals surface area contributed by atoms with Gasteiger partial charge in [0.25, 0.3) is 0 Å². The van der Waals surface area contributed by atoms with E-state index in [-0.39, 0.29) is 0 Å². The Kier molecular flexibility index (Phi) is 4.92. The number of hydrogen-bond acceptors (Lipinski definition) is 3. The first-order chi connectivity index (χ1) is 8.40. The Bertz CT molecular complexity index is 364. The second-order valence-electron chi connectivity index (χ2n) is 4.46. The molecule has 1 N–H and O–H groups in total. The molecule has 1 aliphatic carbocycles. The molecule has 0 aromatic heterocycles. The third kappa shape index (κ3) is 3.77. The van der Waals surface area contributed by atoms with Crippen LogP contribution in [0.4, 0.5) is 0 Å². The van der Waals surface area contributed by atoms with Crippen LogP contribution >= 0.6 is 11.8 Å². The highest BCUT2D eigenvalue weighted by Crippen LogP contribution is 2.30. The molecular weight excluding hydrogens is 230 g/mol. The maximum atomic E-state index is 9.13. The second-order valence-corrected chi connectivity index (χ2v) is 5.74. The van der Waals surface area contributed by atoms with E-state index in [2.05, 4.69) is 29.4 Å². The molecule has 0 unspecified atom stereocenters. The molecule has 1 aromatic carbocycles. The quantitative estimate of drug-likeness (QED) is 0.625. The molecule has 0 spiro atoms. The van der Waals surface area contributed by atoms with Crippen LogP contribution < -0.4 is 0 Å². The minimum absolute atomic E-state index is 0.350. The monoisotopic (exact) mass is 249 g/mol. The Balaban J connectivity index is 2.05. The van der Waals surface area contributed by atoms with E-state index >= 15 is 0 Å². The second kappa shape index (κ2) is 6.70. The van der Waals surface area contributed by atoms with Crippen molar-refractivity contribution < 1.29 is 5.21 Å². The van der Waals surface area contributed by atoms with Gasteiger partial charge in [0.05, 0.1) is 11.0 Å². The van der Waals surface area contributed by atoms with Crippen LogP contribution in [0.25, 0.3) is 0 Å². The molecule has 3 heteroatoms. The van der Waals surface area contributed by atoms with E-state index in [0.29, 0.717) is 5.25 Å². The standard InChI is InChI=1S/C14H19NOS/c16-15-13-10-6-1-2-7-11-14(13)17-12-8-4-3-5-9-12/h3-5,8-9,14,16H,1-2,6-7,10-11H2/b15-13+/t14-/m1/s1. The molecular formula is C14H19NOS. The van der Waals surface area contributed by atoms with Crippen molar-refractivity contribution in [2.24, 2.45) is 5.16 Å². The fourth-order valence-electron chi connectivity index (χ4n) is 2.22. The van der Waals surface area contributed by atoms with E-state index in [1.54, 1.807) is 0 Å². The van der Waals surface area contributed by atoms with Gasteiger partial charge in [0.1, 0.15) is 0 Å². The van der Waals surface area contributed by atoms with Crippen LogP contribution in [-0.2, 0) is 0 Å². The number of thioether (sulfide) groups is 1. The molecule has 92 valence electrons. The summed E-state index contributed by atoms with van der Waals surface area (Å²) in [5, 5.41) is 13.0. The van der Waals surface area contributed by atoms with Crippen molar-refractivity contribution in [1.29, 1.82) is 0 Å². The molecule has 1 aliphatic rings. The van der Waals surface area contributed by atoms with Gasteiger partial charge in [-0.3, -0.25) is 0 Å². The highest BCUT2D eigenvalue weighted by atomic mass is 32.2. The van der Waals surface area contributed by atoms with Crippen LogP contribution in [0.5, 0.6) is 0 Å². The van der Waals surface area contributed by atoms with Crippen LogP contribution in [-0.4, -0.2) is 16.2 Å². The summed E-state index contributed by atoms with van der Waals surface area (Å²) in [6.07, 6.45) is 7.04. The van der Waals surface area contributed by atoms with E-state index < -0.39 is 0 Å². The van der Waals surface area contributed by atoms with Crippen LogP contribution in [0, 0.1) is 0 Å². The number of hydrogen-bond donors (Lipinski definition) is 1. The van der Waals surface area contributed by atoms with Crippen molar-refractivity contribution in [3.8, 4) is 0 Å². The topological polar surface area (TPSA) is 32.6 Å². The van der Waals surface area contributed by atoms with E-state index in [1.165, 1.54) is 24.2 Å². The Morgan fingerprint density at radius 2 is 1.82 bits per heavy atom. The van der Waals surface area contributed by atoms with Crippen molar-refractivity contribution in [3.05, 3.63) is 30.3 Å². The SMILES string of the molecule is O/N=C1\CCCCCC[C@H]1Sc1ccccc1. The average Bonchev–Trinajstić information content (AvgIpc) is 2.34. The molecule has 17 heavy (non-hydrogen) atoms. The zero-order valence-corrected chi connectivity index (χ0v) is 10.8. The fourth-order valence-corrected chi connectivity index (χ4v) is 3.45. The summed E-state index contributed by atoms with van der Waals surface area (Å²) in [5.41, 5.74) is 0.971. The predicted octanol–water partition coefficient (Wildman–Crippen LogP) is 4.33. The molecule has 0 heterocycles. The van der Waals surface area contributed by atoms with Gasteiger partial charge in [0, 0.05) is 4.90 Å². The molecule has 2 rings (SSSR count). The summed E-state index contributed by atoms with van der Waals surface area (Å²) in [7, 11) is 0. The van der Waals surface area contributed by atoms with Gasteiger partial charge in [-0.1, -0.05) is 42.6 Å². The van der Waals surface area contributed by atoms with Crippen molar-refractivity contribution in [1.82, 2.24) is 0 Å². The summed E-state index contributed by atoms with van der Waals surface area (Å²) in [6, 6.07) is 10.4. The van der Waals surface area contributed by atoms with Crippen LogP contribution in [0.1, 0.15) is 38.5 Å². The lowest BCUT2D eigenvalue weighted by Crippen LogP contribution is -2.19. The van der Waals surface area contributed by atoms with E-state index in [9.17, 15) is 0 Å². The van der Waals surface area contributed by atoms with Crippen molar-refractivity contribution in [2.45, 2.75) is 48.7 Å². The number of nitrogens with zero attached hydrogens (tertiary/aromatic N) is 1. The zero-order chi connectivity index (χ0) is 11.9. The van der Waals surface area contributed by atoms with E-state index in [0.717, 1.165) is 25.0 Å². The minimum Gasteiger partial charge on any atom is -0.411 e. The molecule has 1 saturated carbocycles. The number of oxime groups is 1. The summed E-state index contributed by atoms with van der Waals surface area (Å²) in [4.78, 5) is 1.26. The molecule has 1 atom stereocenters. The fraction of sp³-hybridized carbons (Fsp3) is 0.500. The lowest BCUT2D eigenvalue weighted by atomic mass is 9.99. The summed E-state index contributed by atoms with van der Waals surface area (Å²) in [5.74, 6) is 0. The highest BCUT2D eigenvalue weighted by molar-refractivity contribution is 8.00. The van der Waals surface area contributed by atoms with Gasteiger partial charge in [-0.25, -0.2) is 0 Å². The van der Waals surface area contributed by atoms with Gasteiger partial charge in [0.15, 0.2) is 0 Å². The number of benzene rings is 1. The van der Waals surface area contributed by atoms with Crippen LogP contribution in [0.3, 0.4) is 0 Å². The molecule has 0 aliphatic heterocycles. The Morgan fingerprint density at radius 3 is 2.59 bits per heavy atom. The summed E-state index contributed by atoms with van der Waals surface area (Å²) in [6.45, 7) is 0. The molecule has 0 amide bonds. The van der Waals surface area contributed by atoms with Gasteiger partial charge < -0.3 is 5.21 Å². The van der Waals surface area contributed by atoms with Gasteiger partial charge in [0.2, 0.25) is 0 Å². The molecule has 1 aromatic rings. The molecule has 1 fully saturated rings. The predicted molar refractivity (Wildman–Crippen MR) is 73.0 cm³/mol. The third-order valence-electron chi connectivity index (χ3n) is 3.17.